The Morgan fingerprint density at radius 2 is 2.16 bits per heavy atom. The zero-order valence-corrected chi connectivity index (χ0v) is 10.7. The van der Waals surface area contributed by atoms with Gasteiger partial charge in [0.05, 0.1) is 4.92 Å². The molecule has 0 saturated heterocycles. The molecule has 0 bridgehead atoms. The fourth-order valence-corrected chi connectivity index (χ4v) is 2.62. The van der Waals surface area contributed by atoms with Crippen molar-refractivity contribution in [3.8, 4) is 0 Å². The molecular weight excluding hydrogens is 246 g/mol. The molecule has 1 aromatic rings. The van der Waals surface area contributed by atoms with Gasteiger partial charge in [-0.25, -0.2) is 4.98 Å². The number of nitrogens with two attached hydrogens (primary N) is 2. The van der Waals surface area contributed by atoms with E-state index in [1.54, 1.807) is 6.07 Å². The van der Waals surface area contributed by atoms with Gasteiger partial charge in [-0.05, 0) is 24.8 Å². The minimum absolute atomic E-state index is 0.0720. The van der Waals surface area contributed by atoms with Gasteiger partial charge in [0, 0.05) is 18.7 Å². The maximum atomic E-state index is 10.7. The number of nitrogens with zero attached hydrogens (tertiary/aromatic N) is 2. The summed E-state index contributed by atoms with van der Waals surface area (Å²) in [6.45, 7) is 0.517. The SMILES string of the molecule is NCC(Nc1ccc([N+](=O)[O-])c(N)n1)C1CCCC1. The van der Waals surface area contributed by atoms with Gasteiger partial charge in [-0.1, -0.05) is 12.8 Å². The molecule has 0 radical (unpaired) electrons. The van der Waals surface area contributed by atoms with Gasteiger partial charge in [0.15, 0.2) is 0 Å². The van der Waals surface area contributed by atoms with Crippen LogP contribution in [-0.2, 0) is 0 Å². The quantitative estimate of drug-likeness (QED) is 0.548. The van der Waals surface area contributed by atoms with Gasteiger partial charge in [-0.2, -0.15) is 0 Å². The molecule has 1 atom stereocenters. The maximum Gasteiger partial charge on any atom is 0.311 e. The van der Waals surface area contributed by atoms with E-state index < -0.39 is 4.92 Å². The summed E-state index contributed by atoms with van der Waals surface area (Å²) in [7, 11) is 0. The molecule has 0 amide bonds. The Morgan fingerprint density at radius 3 is 2.68 bits per heavy atom. The topological polar surface area (TPSA) is 120 Å². The maximum absolute atomic E-state index is 10.7. The molecule has 1 saturated carbocycles. The van der Waals surface area contributed by atoms with Crippen LogP contribution in [0.15, 0.2) is 12.1 Å². The van der Waals surface area contributed by atoms with Crippen molar-refractivity contribution in [3.63, 3.8) is 0 Å². The van der Waals surface area contributed by atoms with Crippen molar-refractivity contribution in [2.75, 3.05) is 17.6 Å². The highest BCUT2D eigenvalue weighted by Crippen LogP contribution is 2.29. The molecule has 0 aliphatic heterocycles. The van der Waals surface area contributed by atoms with Crippen LogP contribution in [0.2, 0.25) is 0 Å². The van der Waals surface area contributed by atoms with Gasteiger partial charge >= 0.3 is 5.69 Å². The predicted molar refractivity (Wildman–Crippen MR) is 73.7 cm³/mol. The first-order valence-corrected chi connectivity index (χ1v) is 6.49. The van der Waals surface area contributed by atoms with E-state index in [0.29, 0.717) is 18.3 Å². The van der Waals surface area contributed by atoms with Crippen LogP contribution < -0.4 is 16.8 Å². The van der Waals surface area contributed by atoms with E-state index in [2.05, 4.69) is 10.3 Å². The van der Waals surface area contributed by atoms with E-state index in [-0.39, 0.29) is 17.5 Å². The van der Waals surface area contributed by atoms with Gasteiger partial charge in [0.25, 0.3) is 0 Å². The zero-order valence-electron chi connectivity index (χ0n) is 10.7. The largest absolute Gasteiger partial charge is 0.378 e. The van der Waals surface area contributed by atoms with Crippen molar-refractivity contribution in [2.45, 2.75) is 31.7 Å². The number of nitrogens with one attached hydrogen (secondary N) is 1. The summed E-state index contributed by atoms with van der Waals surface area (Å²) in [5.41, 5.74) is 11.2. The van der Waals surface area contributed by atoms with E-state index >= 15 is 0 Å². The molecule has 5 N–H and O–H groups in total. The summed E-state index contributed by atoms with van der Waals surface area (Å²) in [6.07, 6.45) is 4.80. The van der Waals surface area contributed by atoms with Crippen molar-refractivity contribution in [1.29, 1.82) is 0 Å². The van der Waals surface area contributed by atoms with Crippen LogP contribution >= 0.6 is 0 Å². The highest BCUT2D eigenvalue weighted by atomic mass is 16.6. The van der Waals surface area contributed by atoms with Gasteiger partial charge in [0.1, 0.15) is 5.82 Å². The normalized spacial score (nSPS) is 17.3. The fraction of sp³-hybridized carbons (Fsp3) is 0.583. The smallest absolute Gasteiger partial charge is 0.311 e. The summed E-state index contributed by atoms with van der Waals surface area (Å²) in [6, 6.07) is 3.09. The minimum atomic E-state index is -0.538. The third kappa shape index (κ3) is 3.11. The third-order valence-corrected chi connectivity index (χ3v) is 3.66. The summed E-state index contributed by atoms with van der Waals surface area (Å²) in [4.78, 5) is 14.2. The van der Waals surface area contributed by atoms with Crippen molar-refractivity contribution in [1.82, 2.24) is 4.98 Å². The summed E-state index contributed by atoms with van der Waals surface area (Å²) < 4.78 is 0. The monoisotopic (exact) mass is 265 g/mol. The fourth-order valence-electron chi connectivity index (χ4n) is 2.62. The minimum Gasteiger partial charge on any atom is -0.378 e. The van der Waals surface area contributed by atoms with Crippen LogP contribution in [0.3, 0.4) is 0 Å². The van der Waals surface area contributed by atoms with Crippen molar-refractivity contribution < 1.29 is 4.92 Å². The molecule has 7 nitrogen and oxygen atoms in total. The van der Waals surface area contributed by atoms with E-state index in [4.69, 9.17) is 11.5 Å². The van der Waals surface area contributed by atoms with Crippen LogP contribution in [0, 0.1) is 16.0 Å². The molecule has 1 fully saturated rings. The predicted octanol–water partition coefficient (Wildman–Crippen LogP) is 1.50. The molecule has 2 rings (SSSR count). The van der Waals surface area contributed by atoms with Crippen molar-refractivity contribution >= 4 is 17.3 Å². The second kappa shape index (κ2) is 5.83. The van der Waals surface area contributed by atoms with Crippen LogP contribution in [0.4, 0.5) is 17.3 Å². The number of nitro groups is 1. The zero-order chi connectivity index (χ0) is 13.8. The standard InChI is InChI=1S/C12H19N5O2/c13-7-9(8-3-1-2-4-8)15-11-6-5-10(17(18)19)12(14)16-11/h5-6,8-9H,1-4,7,13H2,(H3,14,15,16). The molecule has 7 heteroatoms. The second-order valence-electron chi connectivity index (χ2n) is 4.89. The van der Waals surface area contributed by atoms with E-state index in [1.165, 1.54) is 18.9 Å². The van der Waals surface area contributed by atoms with Gasteiger partial charge in [-0.3, -0.25) is 10.1 Å². The lowest BCUT2D eigenvalue weighted by molar-refractivity contribution is -0.384. The summed E-state index contributed by atoms with van der Waals surface area (Å²) in [5.74, 6) is 1.02. The summed E-state index contributed by atoms with van der Waals surface area (Å²) in [5, 5.41) is 13.9. The molecule has 19 heavy (non-hydrogen) atoms. The van der Waals surface area contributed by atoms with Gasteiger partial charge < -0.3 is 16.8 Å². The Morgan fingerprint density at radius 1 is 1.47 bits per heavy atom. The number of anilines is 2. The molecule has 104 valence electrons. The van der Waals surface area contributed by atoms with Crippen LogP contribution in [0.5, 0.6) is 0 Å². The number of rotatable bonds is 5. The Labute approximate surface area is 111 Å². The van der Waals surface area contributed by atoms with Crippen molar-refractivity contribution in [3.05, 3.63) is 22.2 Å². The molecular formula is C12H19N5O2. The van der Waals surface area contributed by atoms with Crippen LogP contribution in [-0.4, -0.2) is 22.5 Å². The lowest BCUT2D eigenvalue weighted by Gasteiger charge is -2.23. The Kier molecular flexibility index (Phi) is 4.16. The molecule has 1 unspecified atom stereocenters. The molecule has 0 aromatic carbocycles. The molecule has 1 heterocycles. The van der Waals surface area contributed by atoms with Crippen LogP contribution in [0.1, 0.15) is 25.7 Å². The van der Waals surface area contributed by atoms with E-state index in [9.17, 15) is 10.1 Å². The first-order chi connectivity index (χ1) is 9.11. The Bertz CT molecular complexity index is 459. The van der Waals surface area contributed by atoms with E-state index in [1.807, 2.05) is 0 Å². The van der Waals surface area contributed by atoms with E-state index in [0.717, 1.165) is 12.8 Å². The lowest BCUT2D eigenvalue weighted by Crippen LogP contribution is -2.35. The average molecular weight is 265 g/mol. The number of hydrogen-bond donors (Lipinski definition) is 3. The second-order valence-corrected chi connectivity index (χ2v) is 4.89. The molecule has 0 spiro atoms. The number of pyridine rings is 1. The van der Waals surface area contributed by atoms with Crippen LogP contribution in [0.25, 0.3) is 0 Å². The first-order valence-electron chi connectivity index (χ1n) is 6.49. The lowest BCUT2D eigenvalue weighted by atomic mass is 9.98. The average Bonchev–Trinajstić information content (AvgIpc) is 2.89. The van der Waals surface area contributed by atoms with Gasteiger partial charge in [0.2, 0.25) is 5.82 Å². The van der Waals surface area contributed by atoms with Crippen molar-refractivity contribution in [2.24, 2.45) is 11.7 Å². The number of hydrogen-bond acceptors (Lipinski definition) is 6. The Balaban J connectivity index is 2.09. The summed E-state index contributed by atoms with van der Waals surface area (Å²) >= 11 is 0. The third-order valence-electron chi connectivity index (χ3n) is 3.66. The number of nitrogen functional groups attached to an aromatic ring is 1. The molecule has 1 aliphatic carbocycles. The van der Waals surface area contributed by atoms with Gasteiger partial charge in [-0.15, -0.1) is 0 Å². The Hall–Kier alpha value is -1.89. The highest BCUT2D eigenvalue weighted by molar-refractivity contribution is 5.57. The molecule has 1 aromatic heterocycles. The molecule has 1 aliphatic rings. The number of aromatic nitrogens is 1. The first kappa shape index (κ1) is 13.5. The highest BCUT2D eigenvalue weighted by Gasteiger charge is 2.24.